The number of rotatable bonds is 6. The van der Waals surface area contributed by atoms with Gasteiger partial charge in [-0.2, -0.15) is 11.3 Å². The summed E-state index contributed by atoms with van der Waals surface area (Å²) >= 11 is 1.72. The van der Waals surface area contributed by atoms with Crippen molar-refractivity contribution in [2.24, 2.45) is 5.84 Å². The minimum atomic E-state index is 0.196. The predicted molar refractivity (Wildman–Crippen MR) is 88.2 cm³/mol. The minimum absolute atomic E-state index is 0.196. The maximum absolute atomic E-state index is 5.74. The first-order valence-electron chi connectivity index (χ1n) is 7.23. The zero-order valence-electron chi connectivity index (χ0n) is 12.1. The number of thiophene rings is 1. The molecule has 1 unspecified atom stereocenters. The first-order chi connectivity index (χ1) is 10.3. The molecule has 2 aromatic heterocycles. The SMILES string of the molecule is CCn1c(CC(Cc2ccsc2)NN)nc2ccccc21. The number of nitrogens with zero attached hydrogens (tertiary/aromatic N) is 2. The number of hydrogen-bond acceptors (Lipinski definition) is 4. The molecule has 4 nitrogen and oxygen atoms in total. The summed E-state index contributed by atoms with van der Waals surface area (Å²) in [5, 5.41) is 4.28. The third kappa shape index (κ3) is 3.00. The van der Waals surface area contributed by atoms with Crippen LogP contribution in [0, 0.1) is 0 Å². The van der Waals surface area contributed by atoms with Crippen molar-refractivity contribution in [3.05, 3.63) is 52.5 Å². The van der Waals surface area contributed by atoms with Crippen LogP contribution in [0.1, 0.15) is 18.3 Å². The van der Waals surface area contributed by atoms with E-state index >= 15 is 0 Å². The smallest absolute Gasteiger partial charge is 0.111 e. The van der Waals surface area contributed by atoms with Crippen molar-refractivity contribution in [3.8, 4) is 0 Å². The Kier molecular flexibility index (Phi) is 4.34. The van der Waals surface area contributed by atoms with Gasteiger partial charge in [-0.15, -0.1) is 0 Å². The summed E-state index contributed by atoms with van der Waals surface area (Å²) in [6, 6.07) is 10.6. The Morgan fingerprint density at radius 1 is 1.29 bits per heavy atom. The lowest BCUT2D eigenvalue weighted by molar-refractivity contribution is 0.502. The van der Waals surface area contributed by atoms with Crippen LogP contribution in [0.4, 0.5) is 0 Å². The summed E-state index contributed by atoms with van der Waals surface area (Å²) in [7, 11) is 0. The number of hydrazine groups is 1. The van der Waals surface area contributed by atoms with Gasteiger partial charge in [0, 0.05) is 19.0 Å². The van der Waals surface area contributed by atoms with Crippen LogP contribution in [0.15, 0.2) is 41.1 Å². The average Bonchev–Trinajstić information content (AvgIpc) is 3.13. The molecule has 21 heavy (non-hydrogen) atoms. The molecule has 3 rings (SSSR count). The van der Waals surface area contributed by atoms with Crippen molar-refractivity contribution < 1.29 is 0 Å². The zero-order valence-corrected chi connectivity index (χ0v) is 12.9. The average molecular weight is 300 g/mol. The summed E-state index contributed by atoms with van der Waals surface area (Å²) < 4.78 is 2.27. The molecular weight excluding hydrogens is 280 g/mol. The Balaban J connectivity index is 1.85. The van der Waals surface area contributed by atoms with Gasteiger partial charge in [-0.25, -0.2) is 4.98 Å². The van der Waals surface area contributed by atoms with Crippen LogP contribution in [0.5, 0.6) is 0 Å². The van der Waals surface area contributed by atoms with Gasteiger partial charge in [0.15, 0.2) is 0 Å². The zero-order chi connectivity index (χ0) is 14.7. The normalized spacial score (nSPS) is 12.9. The fourth-order valence-corrected chi connectivity index (χ4v) is 3.42. The molecule has 0 radical (unpaired) electrons. The number of benzene rings is 1. The predicted octanol–water partition coefficient (Wildman–Crippen LogP) is 2.73. The topological polar surface area (TPSA) is 55.9 Å². The fourth-order valence-electron chi connectivity index (χ4n) is 2.74. The van der Waals surface area contributed by atoms with Crippen molar-refractivity contribution in [1.29, 1.82) is 0 Å². The molecule has 110 valence electrons. The molecule has 0 spiro atoms. The van der Waals surface area contributed by atoms with E-state index in [0.717, 1.165) is 30.7 Å². The number of aromatic nitrogens is 2. The maximum atomic E-state index is 5.74. The lowest BCUT2D eigenvalue weighted by Gasteiger charge is -2.15. The quantitative estimate of drug-likeness (QED) is 0.543. The Hall–Kier alpha value is -1.69. The van der Waals surface area contributed by atoms with E-state index in [1.165, 1.54) is 11.1 Å². The van der Waals surface area contributed by atoms with Gasteiger partial charge >= 0.3 is 0 Å². The number of aryl methyl sites for hydroxylation is 1. The van der Waals surface area contributed by atoms with Gasteiger partial charge in [0.05, 0.1) is 11.0 Å². The van der Waals surface area contributed by atoms with E-state index in [2.05, 4.69) is 51.9 Å². The van der Waals surface area contributed by atoms with Gasteiger partial charge in [-0.1, -0.05) is 12.1 Å². The molecular formula is C16H20N4S. The standard InChI is InChI=1S/C16H20N4S/c1-2-20-15-6-4-3-5-14(15)18-16(20)10-13(19-17)9-12-7-8-21-11-12/h3-8,11,13,19H,2,9-10,17H2,1H3. The Bertz CT molecular complexity index is 702. The van der Waals surface area contributed by atoms with Gasteiger partial charge < -0.3 is 4.57 Å². The van der Waals surface area contributed by atoms with E-state index in [1.807, 2.05) is 6.07 Å². The Labute approximate surface area is 128 Å². The summed E-state index contributed by atoms with van der Waals surface area (Å²) in [5.41, 5.74) is 6.51. The van der Waals surface area contributed by atoms with Gasteiger partial charge in [-0.05, 0) is 47.9 Å². The monoisotopic (exact) mass is 300 g/mol. The Morgan fingerprint density at radius 2 is 2.14 bits per heavy atom. The van der Waals surface area contributed by atoms with Crippen LogP contribution in [0.25, 0.3) is 11.0 Å². The number of para-hydroxylation sites is 2. The lowest BCUT2D eigenvalue weighted by atomic mass is 10.1. The van der Waals surface area contributed by atoms with Crippen LogP contribution in [-0.2, 0) is 19.4 Å². The minimum Gasteiger partial charge on any atom is -0.328 e. The van der Waals surface area contributed by atoms with E-state index in [-0.39, 0.29) is 6.04 Å². The molecule has 3 aromatic rings. The molecule has 0 fully saturated rings. The molecule has 0 bridgehead atoms. The summed E-state index contributed by atoms with van der Waals surface area (Å²) in [4.78, 5) is 4.77. The number of nitrogens with one attached hydrogen (secondary N) is 1. The van der Waals surface area contributed by atoms with Crippen LogP contribution in [0.2, 0.25) is 0 Å². The fraction of sp³-hybridized carbons (Fsp3) is 0.312. The largest absolute Gasteiger partial charge is 0.328 e. The van der Waals surface area contributed by atoms with E-state index in [9.17, 15) is 0 Å². The first kappa shape index (κ1) is 14.3. The lowest BCUT2D eigenvalue weighted by Crippen LogP contribution is -2.39. The molecule has 0 saturated heterocycles. The third-order valence-electron chi connectivity index (χ3n) is 3.78. The third-order valence-corrected chi connectivity index (χ3v) is 4.51. The molecule has 0 aliphatic heterocycles. The van der Waals surface area contributed by atoms with Crippen LogP contribution < -0.4 is 11.3 Å². The second-order valence-electron chi connectivity index (χ2n) is 5.16. The number of nitrogens with two attached hydrogens (primary N) is 1. The van der Waals surface area contributed by atoms with Crippen LogP contribution in [-0.4, -0.2) is 15.6 Å². The highest BCUT2D eigenvalue weighted by Gasteiger charge is 2.15. The van der Waals surface area contributed by atoms with Crippen molar-refractivity contribution in [2.75, 3.05) is 0 Å². The number of imidazole rings is 1. The molecule has 3 N–H and O–H groups in total. The van der Waals surface area contributed by atoms with Crippen LogP contribution >= 0.6 is 11.3 Å². The van der Waals surface area contributed by atoms with Crippen molar-refractivity contribution >= 4 is 22.4 Å². The molecule has 0 aliphatic carbocycles. The van der Waals surface area contributed by atoms with E-state index < -0.39 is 0 Å². The highest BCUT2D eigenvalue weighted by molar-refractivity contribution is 7.07. The van der Waals surface area contributed by atoms with Crippen molar-refractivity contribution in [1.82, 2.24) is 15.0 Å². The van der Waals surface area contributed by atoms with Gasteiger partial charge in [0.1, 0.15) is 5.82 Å². The van der Waals surface area contributed by atoms with E-state index in [4.69, 9.17) is 10.8 Å². The summed E-state index contributed by atoms with van der Waals surface area (Å²) in [6.07, 6.45) is 1.75. The summed E-state index contributed by atoms with van der Waals surface area (Å²) in [5.74, 6) is 6.83. The molecule has 5 heteroatoms. The van der Waals surface area contributed by atoms with Gasteiger partial charge in [0.2, 0.25) is 0 Å². The van der Waals surface area contributed by atoms with Gasteiger partial charge in [-0.3, -0.25) is 11.3 Å². The maximum Gasteiger partial charge on any atom is 0.111 e. The van der Waals surface area contributed by atoms with Crippen molar-refractivity contribution in [3.63, 3.8) is 0 Å². The van der Waals surface area contributed by atoms with Crippen molar-refractivity contribution in [2.45, 2.75) is 32.4 Å². The van der Waals surface area contributed by atoms with Crippen LogP contribution in [0.3, 0.4) is 0 Å². The second kappa shape index (κ2) is 6.39. The molecule has 0 saturated carbocycles. The molecule has 0 aliphatic rings. The highest BCUT2D eigenvalue weighted by atomic mass is 32.1. The number of fused-ring (bicyclic) bond motifs is 1. The molecule has 2 heterocycles. The van der Waals surface area contributed by atoms with E-state index in [1.54, 1.807) is 11.3 Å². The Morgan fingerprint density at radius 3 is 2.86 bits per heavy atom. The summed E-state index contributed by atoms with van der Waals surface area (Å²) in [6.45, 7) is 3.08. The van der Waals surface area contributed by atoms with Gasteiger partial charge in [0.25, 0.3) is 0 Å². The molecule has 1 atom stereocenters. The first-order valence-corrected chi connectivity index (χ1v) is 8.17. The molecule has 0 amide bonds. The number of hydrogen-bond donors (Lipinski definition) is 2. The highest BCUT2D eigenvalue weighted by Crippen LogP contribution is 2.18. The molecule has 1 aromatic carbocycles. The van der Waals surface area contributed by atoms with E-state index in [0.29, 0.717) is 0 Å². The second-order valence-corrected chi connectivity index (χ2v) is 5.94.